The van der Waals surface area contributed by atoms with Gasteiger partial charge in [0, 0.05) is 5.92 Å². The van der Waals surface area contributed by atoms with Gasteiger partial charge in [0.1, 0.15) is 0 Å². The Hall–Kier alpha value is -0.830. The first kappa shape index (κ1) is 11.2. The van der Waals surface area contributed by atoms with Crippen LogP contribution in [0.5, 0.6) is 0 Å². The Morgan fingerprint density at radius 2 is 2.14 bits per heavy atom. The molecule has 0 unspecified atom stereocenters. The number of esters is 1. The molecule has 3 atom stereocenters. The average molecular weight is 198 g/mol. The highest BCUT2D eigenvalue weighted by atomic mass is 16.5. The van der Waals surface area contributed by atoms with E-state index in [4.69, 9.17) is 0 Å². The van der Waals surface area contributed by atoms with Gasteiger partial charge in [-0.3, -0.25) is 0 Å². The van der Waals surface area contributed by atoms with Crippen molar-refractivity contribution in [3.05, 3.63) is 12.2 Å². The first-order chi connectivity index (χ1) is 6.44. The van der Waals surface area contributed by atoms with E-state index in [1.807, 2.05) is 13.8 Å². The van der Waals surface area contributed by atoms with Gasteiger partial charge in [-0.2, -0.15) is 0 Å². The molecule has 0 aromatic rings. The van der Waals surface area contributed by atoms with Crippen LogP contribution in [0, 0.1) is 11.8 Å². The minimum absolute atomic E-state index is 0.0587. The lowest BCUT2D eigenvalue weighted by Gasteiger charge is -2.31. The molecule has 3 heteroatoms. The molecule has 1 N–H and O–H groups in total. The van der Waals surface area contributed by atoms with E-state index in [-0.39, 0.29) is 11.8 Å². The van der Waals surface area contributed by atoms with E-state index < -0.39 is 11.6 Å². The summed E-state index contributed by atoms with van der Waals surface area (Å²) in [7, 11) is 1.31. The van der Waals surface area contributed by atoms with E-state index in [2.05, 4.69) is 11.3 Å². The molecule has 0 aromatic heterocycles. The summed E-state index contributed by atoms with van der Waals surface area (Å²) in [6.07, 6.45) is 1.64. The van der Waals surface area contributed by atoms with Crippen molar-refractivity contribution in [2.75, 3.05) is 7.11 Å². The summed E-state index contributed by atoms with van der Waals surface area (Å²) in [5.74, 6) is -0.753. The molecule has 80 valence electrons. The number of ether oxygens (including phenoxy) is 1. The molecular formula is C11H18O3. The monoisotopic (exact) mass is 198 g/mol. The summed E-state index contributed by atoms with van der Waals surface area (Å²) in [4.78, 5) is 11.5. The molecule has 0 radical (unpaired) electrons. The second-order valence-electron chi connectivity index (χ2n) is 4.19. The predicted octanol–water partition coefficient (Wildman–Crippen LogP) is 1.51. The van der Waals surface area contributed by atoms with Gasteiger partial charge in [0.15, 0.2) is 5.60 Å². The van der Waals surface area contributed by atoms with Gasteiger partial charge in [-0.1, -0.05) is 19.1 Å². The third kappa shape index (κ3) is 1.46. The topological polar surface area (TPSA) is 46.5 Å². The van der Waals surface area contributed by atoms with Crippen LogP contribution in [0.3, 0.4) is 0 Å². The van der Waals surface area contributed by atoms with Gasteiger partial charge in [-0.25, -0.2) is 4.79 Å². The normalized spacial score (nSPS) is 36.9. The van der Waals surface area contributed by atoms with Gasteiger partial charge in [0.2, 0.25) is 0 Å². The summed E-state index contributed by atoms with van der Waals surface area (Å²) >= 11 is 0. The van der Waals surface area contributed by atoms with E-state index in [9.17, 15) is 9.90 Å². The number of hydrogen-bond acceptors (Lipinski definition) is 3. The molecule has 1 rings (SSSR count). The molecule has 1 saturated carbocycles. The maximum Gasteiger partial charge on any atom is 0.338 e. The van der Waals surface area contributed by atoms with Gasteiger partial charge < -0.3 is 9.84 Å². The van der Waals surface area contributed by atoms with E-state index in [1.165, 1.54) is 7.11 Å². The van der Waals surface area contributed by atoms with Crippen LogP contribution >= 0.6 is 0 Å². The number of rotatable bonds is 2. The van der Waals surface area contributed by atoms with Crippen molar-refractivity contribution < 1.29 is 14.6 Å². The smallest absolute Gasteiger partial charge is 0.338 e. The van der Waals surface area contributed by atoms with Crippen molar-refractivity contribution >= 4 is 5.97 Å². The van der Waals surface area contributed by atoms with Crippen molar-refractivity contribution in [1.82, 2.24) is 0 Å². The largest absolute Gasteiger partial charge is 0.467 e. The fraction of sp³-hybridized carbons (Fsp3) is 0.727. The lowest BCUT2D eigenvalue weighted by molar-refractivity contribution is -0.169. The molecule has 0 saturated heterocycles. The van der Waals surface area contributed by atoms with Gasteiger partial charge in [-0.15, -0.1) is 0 Å². The molecule has 0 bridgehead atoms. The standard InChI is InChI=1S/C11H18O3/c1-7(2)9-6-5-8(3)11(9,13)10(12)14-4/h8-9,13H,1,5-6H2,2-4H3/t8-,9+,11+/m1/s1. The Labute approximate surface area is 84.8 Å². The summed E-state index contributed by atoms with van der Waals surface area (Å²) in [6, 6.07) is 0. The van der Waals surface area contributed by atoms with Gasteiger partial charge >= 0.3 is 5.97 Å². The molecule has 1 aliphatic rings. The molecule has 0 aliphatic heterocycles. The number of carbonyl (C=O) groups excluding carboxylic acids is 1. The van der Waals surface area contributed by atoms with Crippen LogP contribution in [0.4, 0.5) is 0 Å². The second kappa shape index (κ2) is 3.73. The van der Waals surface area contributed by atoms with Crippen LogP contribution in [0.2, 0.25) is 0 Å². The van der Waals surface area contributed by atoms with E-state index in [0.717, 1.165) is 18.4 Å². The van der Waals surface area contributed by atoms with Crippen molar-refractivity contribution in [3.8, 4) is 0 Å². The van der Waals surface area contributed by atoms with Crippen LogP contribution in [0.1, 0.15) is 26.7 Å². The zero-order valence-electron chi connectivity index (χ0n) is 9.04. The highest BCUT2D eigenvalue weighted by Crippen LogP contribution is 2.44. The Balaban J connectivity index is 3.00. The Morgan fingerprint density at radius 1 is 1.57 bits per heavy atom. The zero-order valence-corrected chi connectivity index (χ0v) is 9.04. The first-order valence-corrected chi connectivity index (χ1v) is 4.90. The minimum Gasteiger partial charge on any atom is -0.467 e. The molecule has 3 nitrogen and oxygen atoms in total. The van der Waals surface area contributed by atoms with Crippen molar-refractivity contribution in [3.63, 3.8) is 0 Å². The highest BCUT2D eigenvalue weighted by Gasteiger charge is 2.53. The summed E-state index contributed by atoms with van der Waals surface area (Å²) in [5.41, 5.74) is -0.511. The fourth-order valence-corrected chi connectivity index (χ4v) is 2.33. The lowest BCUT2D eigenvalue weighted by atomic mass is 9.81. The maximum atomic E-state index is 11.5. The quantitative estimate of drug-likeness (QED) is 0.540. The fourth-order valence-electron chi connectivity index (χ4n) is 2.33. The van der Waals surface area contributed by atoms with Crippen LogP contribution < -0.4 is 0 Å². The van der Waals surface area contributed by atoms with Gasteiger partial charge in [0.05, 0.1) is 7.11 Å². The number of carbonyl (C=O) groups is 1. The Bertz CT molecular complexity index is 259. The maximum absolute atomic E-state index is 11.5. The van der Waals surface area contributed by atoms with Gasteiger partial charge in [0.25, 0.3) is 0 Å². The van der Waals surface area contributed by atoms with Crippen LogP contribution in [-0.2, 0) is 9.53 Å². The third-order valence-electron chi connectivity index (χ3n) is 3.28. The van der Waals surface area contributed by atoms with E-state index >= 15 is 0 Å². The number of methoxy groups -OCH3 is 1. The Kier molecular flexibility index (Phi) is 3.00. The first-order valence-electron chi connectivity index (χ1n) is 4.90. The summed E-state index contributed by atoms with van der Waals surface area (Å²) in [5, 5.41) is 10.3. The van der Waals surface area contributed by atoms with E-state index in [1.54, 1.807) is 0 Å². The predicted molar refractivity (Wildman–Crippen MR) is 53.7 cm³/mol. The number of aliphatic hydroxyl groups is 1. The molecule has 14 heavy (non-hydrogen) atoms. The SMILES string of the molecule is C=C(C)[C@@H]1CC[C@@H](C)[C@@]1(O)C(=O)OC. The summed E-state index contributed by atoms with van der Waals surface area (Å²) < 4.78 is 4.66. The molecular weight excluding hydrogens is 180 g/mol. The molecule has 1 aliphatic carbocycles. The molecule has 0 amide bonds. The molecule has 0 spiro atoms. The zero-order chi connectivity index (χ0) is 10.9. The van der Waals surface area contributed by atoms with Gasteiger partial charge in [-0.05, 0) is 25.7 Å². The lowest BCUT2D eigenvalue weighted by Crippen LogP contribution is -2.47. The third-order valence-corrected chi connectivity index (χ3v) is 3.28. The summed E-state index contributed by atoms with van der Waals surface area (Å²) in [6.45, 7) is 7.53. The Morgan fingerprint density at radius 3 is 2.57 bits per heavy atom. The molecule has 0 aromatic carbocycles. The van der Waals surface area contributed by atoms with E-state index in [0.29, 0.717) is 0 Å². The second-order valence-corrected chi connectivity index (χ2v) is 4.19. The van der Waals surface area contributed by atoms with Crippen LogP contribution in [-0.4, -0.2) is 23.8 Å². The van der Waals surface area contributed by atoms with Crippen LogP contribution in [0.15, 0.2) is 12.2 Å². The van der Waals surface area contributed by atoms with Crippen molar-refractivity contribution in [1.29, 1.82) is 0 Å². The van der Waals surface area contributed by atoms with Crippen molar-refractivity contribution in [2.45, 2.75) is 32.3 Å². The number of hydrogen-bond donors (Lipinski definition) is 1. The van der Waals surface area contributed by atoms with Crippen molar-refractivity contribution in [2.24, 2.45) is 11.8 Å². The highest BCUT2D eigenvalue weighted by molar-refractivity contribution is 5.81. The minimum atomic E-state index is -1.36. The molecule has 1 fully saturated rings. The molecule has 0 heterocycles. The average Bonchev–Trinajstić information content (AvgIpc) is 2.43. The van der Waals surface area contributed by atoms with Crippen LogP contribution in [0.25, 0.3) is 0 Å².